The Morgan fingerprint density at radius 3 is 3.05 bits per heavy atom. The highest BCUT2D eigenvalue weighted by atomic mass is 16.6. The SMILES string of the molecule is N#Cc1cc([N+](=O)[O-])ccc1NCC[C@H]1CCCO1. The molecule has 0 unspecified atom stereocenters. The zero-order valence-corrected chi connectivity index (χ0v) is 10.5. The van der Waals surface area contributed by atoms with Crippen molar-refractivity contribution in [1.82, 2.24) is 0 Å². The predicted octanol–water partition coefficient (Wildman–Crippen LogP) is 2.45. The largest absolute Gasteiger partial charge is 0.384 e. The minimum atomic E-state index is -0.503. The van der Waals surface area contributed by atoms with Crippen molar-refractivity contribution >= 4 is 11.4 Å². The van der Waals surface area contributed by atoms with Gasteiger partial charge in [-0.2, -0.15) is 5.26 Å². The summed E-state index contributed by atoms with van der Waals surface area (Å²) in [5.41, 5.74) is 0.855. The number of nitro benzene ring substituents is 1. The lowest BCUT2D eigenvalue weighted by molar-refractivity contribution is -0.384. The molecule has 0 aromatic heterocycles. The van der Waals surface area contributed by atoms with Crippen molar-refractivity contribution in [2.45, 2.75) is 25.4 Å². The Morgan fingerprint density at radius 1 is 1.58 bits per heavy atom. The van der Waals surface area contributed by atoms with E-state index in [1.807, 2.05) is 6.07 Å². The van der Waals surface area contributed by atoms with E-state index in [-0.39, 0.29) is 11.8 Å². The molecule has 0 aliphatic carbocycles. The third-order valence-electron chi connectivity index (χ3n) is 3.14. The molecular formula is C13H15N3O3. The molecule has 1 aliphatic heterocycles. The van der Waals surface area contributed by atoms with Gasteiger partial charge >= 0.3 is 0 Å². The molecule has 0 spiro atoms. The van der Waals surface area contributed by atoms with E-state index in [1.54, 1.807) is 6.07 Å². The summed E-state index contributed by atoms with van der Waals surface area (Å²) in [5, 5.41) is 22.8. The van der Waals surface area contributed by atoms with E-state index in [0.717, 1.165) is 25.9 Å². The highest BCUT2D eigenvalue weighted by Gasteiger charge is 2.15. The summed E-state index contributed by atoms with van der Waals surface area (Å²) >= 11 is 0. The van der Waals surface area contributed by atoms with Gasteiger partial charge in [0.05, 0.1) is 22.3 Å². The molecule has 0 saturated carbocycles. The molecule has 1 aromatic carbocycles. The van der Waals surface area contributed by atoms with Crippen molar-refractivity contribution in [3.8, 4) is 6.07 Å². The van der Waals surface area contributed by atoms with Crippen LogP contribution in [0.2, 0.25) is 0 Å². The number of hydrogen-bond donors (Lipinski definition) is 1. The van der Waals surface area contributed by atoms with Crippen LogP contribution < -0.4 is 5.32 Å². The molecule has 1 aliphatic rings. The first-order valence-electron chi connectivity index (χ1n) is 6.24. The number of anilines is 1. The van der Waals surface area contributed by atoms with Crippen molar-refractivity contribution in [3.63, 3.8) is 0 Å². The second-order valence-electron chi connectivity index (χ2n) is 4.45. The summed E-state index contributed by atoms with van der Waals surface area (Å²) in [7, 11) is 0. The molecular weight excluding hydrogens is 246 g/mol. The molecule has 0 bridgehead atoms. The fourth-order valence-corrected chi connectivity index (χ4v) is 2.13. The molecule has 19 heavy (non-hydrogen) atoms. The molecule has 1 aromatic rings. The van der Waals surface area contributed by atoms with Crippen LogP contribution in [0.15, 0.2) is 18.2 Å². The summed E-state index contributed by atoms with van der Waals surface area (Å²) in [6, 6.07) is 6.23. The molecule has 1 fully saturated rings. The van der Waals surface area contributed by atoms with Crippen molar-refractivity contribution < 1.29 is 9.66 Å². The number of hydrogen-bond acceptors (Lipinski definition) is 5. The van der Waals surface area contributed by atoms with Crippen molar-refractivity contribution in [2.24, 2.45) is 0 Å². The normalized spacial score (nSPS) is 17.9. The van der Waals surface area contributed by atoms with E-state index in [4.69, 9.17) is 10.00 Å². The van der Waals surface area contributed by atoms with Gasteiger partial charge in [0.25, 0.3) is 5.69 Å². The minimum Gasteiger partial charge on any atom is -0.384 e. The zero-order valence-electron chi connectivity index (χ0n) is 10.5. The Hall–Kier alpha value is -2.13. The number of rotatable bonds is 5. The molecule has 1 saturated heterocycles. The van der Waals surface area contributed by atoms with Gasteiger partial charge in [-0.15, -0.1) is 0 Å². The second kappa shape index (κ2) is 6.16. The average molecular weight is 261 g/mol. The first kappa shape index (κ1) is 13.3. The highest BCUT2D eigenvalue weighted by Crippen LogP contribution is 2.22. The first-order chi connectivity index (χ1) is 9.20. The van der Waals surface area contributed by atoms with Crippen LogP contribution in [0.25, 0.3) is 0 Å². The third kappa shape index (κ3) is 3.42. The van der Waals surface area contributed by atoms with Crippen LogP contribution >= 0.6 is 0 Å². The van der Waals surface area contributed by atoms with Crippen LogP contribution in [0.5, 0.6) is 0 Å². The summed E-state index contributed by atoms with van der Waals surface area (Å²) in [4.78, 5) is 10.1. The number of nitro groups is 1. The van der Waals surface area contributed by atoms with Gasteiger partial charge in [0.1, 0.15) is 6.07 Å². The van der Waals surface area contributed by atoms with E-state index < -0.39 is 4.92 Å². The monoisotopic (exact) mass is 261 g/mol. The van der Waals surface area contributed by atoms with Gasteiger partial charge in [-0.1, -0.05) is 0 Å². The minimum absolute atomic E-state index is 0.0683. The van der Waals surface area contributed by atoms with Crippen molar-refractivity contribution in [1.29, 1.82) is 5.26 Å². The molecule has 6 heteroatoms. The molecule has 1 N–H and O–H groups in total. The van der Waals surface area contributed by atoms with E-state index in [0.29, 0.717) is 17.8 Å². The Kier molecular flexibility index (Phi) is 4.31. The van der Waals surface area contributed by atoms with E-state index >= 15 is 0 Å². The van der Waals surface area contributed by atoms with Gasteiger partial charge in [-0.3, -0.25) is 10.1 Å². The van der Waals surface area contributed by atoms with Crippen LogP contribution in [0.1, 0.15) is 24.8 Å². The Balaban J connectivity index is 1.95. The molecule has 2 rings (SSSR count). The number of benzene rings is 1. The molecule has 0 radical (unpaired) electrons. The molecule has 0 amide bonds. The quantitative estimate of drug-likeness (QED) is 0.649. The lowest BCUT2D eigenvalue weighted by Crippen LogP contribution is -2.13. The first-order valence-corrected chi connectivity index (χ1v) is 6.24. The van der Waals surface area contributed by atoms with E-state index in [1.165, 1.54) is 12.1 Å². The lowest BCUT2D eigenvalue weighted by Gasteiger charge is -2.11. The maximum absolute atomic E-state index is 10.6. The Labute approximate surface area is 111 Å². The highest BCUT2D eigenvalue weighted by molar-refractivity contribution is 5.61. The number of nitriles is 1. The van der Waals surface area contributed by atoms with Gasteiger partial charge in [0.2, 0.25) is 0 Å². The van der Waals surface area contributed by atoms with Gasteiger partial charge in [0.15, 0.2) is 0 Å². The van der Waals surface area contributed by atoms with Gasteiger partial charge in [-0.05, 0) is 25.3 Å². The number of nitrogens with one attached hydrogen (secondary N) is 1. The Morgan fingerprint density at radius 2 is 2.42 bits per heavy atom. The maximum atomic E-state index is 10.6. The van der Waals surface area contributed by atoms with Crippen LogP contribution in [0, 0.1) is 21.4 Å². The topological polar surface area (TPSA) is 88.2 Å². The number of non-ortho nitro benzene ring substituents is 1. The average Bonchev–Trinajstić information content (AvgIpc) is 2.92. The smallest absolute Gasteiger partial charge is 0.270 e. The standard InChI is InChI=1S/C13H15N3O3/c14-9-10-8-11(16(17)18)3-4-13(10)15-6-5-12-2-1-7-19-12/h3-4,8,12,15H,1-2,5-7H2/t12-/m1/s1. The van der Waals surface area contributed by atoms with E-state index in [2.05, 4.69) is 5.32 Å². The summed E-state index contributed by atoms with van der Waals surface area (Å²) in [5.74, 6) is 0. The van der Waals surface area contributed by atoms with Gasteiger partial charge < -0.3 is 10.1 Å². The van der Waals surface area contributed by atoms with Crippen molar-refractivity contribution in [2.75, 3.05) is 18.5 Å². The molecule has 100 valence electrons. The van der Waals surface area contributed by atoms with Crippen LogP contribution in [0.3, 0.4) is 0 Å². The molecule has 1 heterocycles. The summed E-state index contributed by atoms with van der Waals surface area (Å²) < 4.78 is 5.50. The van der Waals surface area contributed by atoms with Gasteiger partial charge in [-0.25, -0.2) is 0 Å². The second-order valence-corrected chi connectivity index (χ2v) is 4.45. The fraction of sp³-hybridized carbons (Fsp3) is 0.462. The maximum Gasteiger partial charge on any atom is 0.270 e. The fourth-order valence-electron chi connectivity index (χ4n) is 2.13. The predicted molar refractivity (Wildman–Crippen MR) is 69.9 cm³/mol. The van der Waals surface area contributed by atoms with Crippen LogP contribution in [0.4, 0.5) is 11.4 Å². The van der Waals surface area contributed by atoms with E-state index in [9.17, 15) is 10.1 Å². The Bertz CT molecular complexity index is 504. The summed E-state index contributed by atoms with van der Waals surface area (Å²) in [6.45, 7) is 1.52. The molecule has 1 atom stereocenters. The number of ether oxygens (including phenoxy) is 1. The van der Waals surface area contributed by atoms with Gasteiger partial charge in [0, 0.05) is 25.3 Å². The zero-order chi connectivity index (χ0) is 13.7. The third-order valence-corrected chi connectivity index (χ3v) is 3.14. The summed E-state index contributed by atoms with van der Waals surface area (Å²) in [6.07, 6.45) is 3.34. The van der Waals surface area contributed by atoms with Crippen LogP contribution in [-0.4, -0.2) is 24.2 Å². The number of nitrogens with zero attached hydrogens (tertiary/aromatic N) is 2. The van der Waals surface area contributed by atoms with Crippen molar-refractivity contribution in [3.05, 3.63) is 33.9 Å². The lowest BCUT2D eigenvalue weighted by atomic mass is 10.1. The molecule has 6 nitrogen and oxygen atoms in total. The van der Waals surface area contributed by atoms with Crippen LogP contribution in [-0.2, 0) is 4.74 Å².